The number of amides is 1. The molecule has 0 aromatic heterocycles. The summed E-state index contributed by atoms with van der Waals surface area (Å²) in [6.07, 6.45) is -0.0821. The maximum Gasteiger partial charge on any atom is 0.444 e. The summed E-state index contributed by atoms with van der Waals surface area (Å²) in [4.78, 5) is 24.0. The van der Waals surface area contributed by atoms with Crippen molar-refractivity contribution >= 4 is 19.5 Å². The molecule has 0 aliphatic heterocycles. The molecular weight excluding hydrogens is 515 g/mol. The minimum Gasteiger partial charge on any atom is -0.480 e. The average molecular weight is 545 g/mol. The minimum absolute atomic E-state index is 0.219. The second kappa shape index (κ2) is 13.4. The van der Waals surface area contributed by atoms with Crippen LogP contribution in [0.4, 0.5) is 0 Å². The van der Waals surface area contributed by atoms with E-state index in [0.717, 1.165) is 16.7 Å². The van der Waals surface area contributed by atoms with Gasteiger partial charge in [-0.05, 0) is 47.4 Å². The molecule has 0 radical (unpaired) electrons. The molecule has 0 aliphatic rings. The number of hydrogen-bond acceptors (Lipinski definition) is 6. The lowest BCUT2D eigenvalue weighted by Gasteiger charge is -2.24. The van der Waals surface area contributed by atoms with E-state index in [0.29, 0.717) is 11.5 Å². The average Bonchev–Trinajstić information content (AvgIpc) is 2.96. The lowest BCUT2D eigenvalue weighted by molar-refractivity contribution is -0.138. The number of para-hydroxylation sites is 2. The van der Waals surface area contributed by atoms with Crippen molar-refractivity contribution in [2.75, 3.05) is 12.8 Å². The van der Waals surface area contributed by atoms with E-state index in [-0.39, 0.29) is 12.7 Å². The fourth-order valence-electron chi connectivity index (χ4n) is 3.83. The van der Waals surface area contributed by atoms with Crippen molar-refractivity contribution in [1.29, 1.82) is 0 Å². The SMILES string of the molecule is O=C(O)CNC(=O)C(Cc1ccc(-c2ccccc2)cc1)NCP(=O)(Oc1ccccc1)Oc1ccccc1. The van der Waals surface area contributed by atoms with E-state index in [4.69, 9.17) is 14.2 Å². The van der Waals surface area contributed by atoms with Crippen molar-refractivity contribution in [2.24, 2.45) is 0 Å². The van der Waals surface area contributed by atoms with Crippen LogP contribution in [0.5, 0.6) is 11.5 Å². The zero-order valence-electron chi connectivity index (χ0n) is 21.1. The summed E-state index contributed by atoms with van der Waals surface area (Å²) in [5.41, 5.74) is 2.92. The lowest BCUT2D eigenvalue weighted by Crippen LogP contribution is -2.47. The molecule has 0 heterocycles. The fraction of sp³-hybridized carbons (Fsp3) is 0.133. The quantitative estimate of drug-likeness (QED) is 0.194. The maximum absolute atomic E-state index is 13.9. The molecule has 4 rings (SSSR count). The molecule has 0 spiro atoms. The van der Waals surface area contributed by atoms with E-state index in [1.165, 1.54) is 0 Å². The Labute approximate surface area is 227 Å². The summed E-state index contributed by atoms with van der Waals surface area (Å²) < 4.78 is 25.5. The molecule has 200 valence electrons. The van der Waals surface area contributed by atoms with Crippen molar-refractivity contribution in [3.8, 4) is 22.6 Å². The molecule has 0 saturated heterocycles. The number of rotatable bonds is 13. The number of nitrogens with one attached hydrogen (secondary N) is 2. The summed E-state index contributed by atoms with van der Waals surface area (Å²) in [5, 5.41) is 14.4. The largest absolute Gasteiger partial charge is 0.480 e. The predicted molar refractivity (Wildman–Crippen MR) is 150 cm³/mol. The topological polar surface area (TPSA) is 114 Å². The second-order valence-electron chi connectivity index (χ2n) is 8.71. The number of hydrogen-bond donors (Lipinski definition) is 3. The van der Waals surface area contributed by atoms with Gasteiger partial charge in [0.15, 0.2) is 0 Å². The molecule has 9 heteroatoms. The highest BCUT2D eigenvalue weighted by Gasteiger charge is 2.31. The standard InChI is InChI=1S/C30H29N2O6P/c33-29(34)21-31-30(35)28(20-23-16-18-25(19-17-23)24-10-4-1-5-11-24)32-22-39(36,37-26-12-6-2-7-13-26)38-27-14-8-3-9-15-27/h1-19,28,32H,20-22H2,(H,31,35)(H,33,34). The number of aliphatic carboxylic acids is 1. The van der Waals surface area contributed by atoms with Crippen LogP contribution >= 0.6 is 7.60 Å². The Morgan fingerprint density at radius 2 is 1.21 bits per heavy atom. The Balaban J connectivity index is 1.53. The van der Waals surface area contributed by atoms with Gasteiger partial charge in [-0.2, -0.15) is 0 Å². The Bertz CT molecular complexity index is 1350. The van der Waals surface area contributed by atoms with Crippen LogP contribution in [-0.4, -0.2) is 35.9 Å². The molecule has 1 unspecified atom stereocenters. The van der Waals surface area contributed by atoms with Crippen molar-refractivity contribution in [1.82, 2.24) is 10.6 Å². The van der Waals surface area contributed by atoms with Crippen molar-refractivity contribution in [3.05, 3.63) is 121 Å². The molecule has 1 amide bonds. The number of benzene rings is 4. The zero-order valence-corrected chi connectivity index (χ0v) is 22.0. The maximum atomic E-state index is 13.9. The van der Waals surface area contributed by atoms with Gasteiger partial charge in [-0.3, -0.25) is 14.9 Å². The molecule has 8 nitrogen and oxygen atoms in total. The Morgan fingerprint density at radius 1 is 0.718 bits per heavy atom. The minimum atomic E-state index is -3.85. The van der Waals surface area contributed by atoms with Crippen LogP contribution in [-0.2, 0) is 20.6 Å². The molecule has 4 aromatic carbocycles. The van der Waals surface area contributed by atoms with Gasteiger partial charge in [-0.15, -0.1) is 0 Å². The molecule has 1 atom stereocenters. The third kappa shape index (κ3) is 8.57. The van der Waals surface area contributed by atoms with E-state index < -0.39 is 32.1 Å². The number of carbonyl (C=O) groups excluding carboxylic acids is 1. The number of carboxylic acid groups (broad SMARTS) is 1. The third-order valence-corrected chi connectivity index (χ3v) is 7.29. The molecule has 0 bridgehead atoms. The van der Waals surface area contributed by atoms with Gasteiger partial charge in [0.1, 0.15) is 24.3 Å². The van der Waals surface area contributed by atoms with Crippen LogP contribution in [0, 0.1) is 0 Å². The predicted octanol–water partition coefficient (Wildman–Crippen LogP) is 5.36. The van der Waals surface area contributed by atoms with Gasteiger partial charge < -0.3 is 19.5 Å². The van der Waals surface area contributed by atoms with E-state index in [1.807, 2.05) is 54.6 Å². The number of carbonyl (C=O) groups is 2. The van der Waals surface area contributed by atoms with E-state index >= 15 is 0 Å². The van der Waals surface area contributed by atoms with E-state index in [2.05, 4.69) is 10.6 Å². The Morgan fingerprint density at radius 3 is 1.72 bits per heavy atom. The molecular formula is C30H29N2O6P. The van der Waals surface area contributed by atoms with Crippen molar-refractivity contribution in [3.63, 3.8) is 0 Å². The molecule has 4 aromatic rings. The first-order valence-corrected chi connectivity index (χ1v) is 14.1. The molecule has 0 saturated carbocycles. The van der Waals surface area contributed by atoms with Crippen LogP contribution in [0.25, 0.3) is 11.1 Å². The fourth-order valence-corrected chi connectivity index (χ4v) is 5.33. The third-order valence-electron chi connectivity index (χ3n) is 5.74. The van der Waals surface area contributed by atoms with Gasteiger partial charge in [-0.25, -0.2) is 4.57 Å². The summed E-state index contributed by atoms with van der Waals surface area (Å²) in [7, 11) is -3.85. The first kappa shape index (κ1) is 27.6. The highest BCUT2D eigenvalue weighted by molar-refractivity contribution is 7.54. The monoisotopic (exact) mass is 544 g/mol. The van der Waals surface area contributed by atoms with Gasteiger partial charge in [0.25, 0.3) is 0 Å². The first-order valence-electron chi connectivity index (χ1n) is 12.4. The van der Waals surface area contributed by atoms with Crippen LogP contribution < -0.4 is 19.7 Å². The van der Waals surface area contributed by atoms with Crippen LogP contribution in [0.1, 0.15) is 5.56 Å². The molecule has 3 N–H and O–H groups in total. The van der Waals surface area contributed by atoms with Crippen molar-refractivity contribution < 1.29 is 28.3 Å². The first-order chi connectivity index (χ1) is 18.9. The Kier molecular flexibility index (Phi) is 9.51. The van der Waals surface area contributed by atoms with Crippen LogP contribution in [0.3, 0.4) is 0 Å². The highest BCUT2D eigenvalue weighted by Crippen LogP contribution is 2.47. The zero-order chi connectivity index (χ0) is 27.5. The normalized spacial score (nSPS) is 11.8. The summed E-state index contributed by atoms with van der Waals surface area (Å²) >= 11 is 0. The van der Waals surface area contributed by atoms with Gasteiger partial charge in [0.05, 0.1) is 6.04 Å². The highest BCUT2D eigenvalue weighted by atomic mass is 31.2. The van der Waals surface area contributed by atoms with Crippen molar-refractivity contribution in [2.45, 2.75) is 12.5 Å². The van der Waals surface area contributed by atoms with E-state index in [9.17, 15) is 14.2 Å². The smallest absolute Gasteiger partial charge is 0.444 e. The number of carboxylic acids is 1. The summed E-state index contributed by atoms with van der Waals surface area (Å²) in [6.45, 7) is -0.539. The lowest BCUT2D eigenvalue weighted by atomic mass is 10.0. The summed E-state index contributed by atoms with van der Waals surface area (Å²) in [6, 6.07) is 33.9. The molecule has 39 heavy (non-hydrogen) atoms. The van der Waals surface area contributed by atoms with Gasteiger partial charge >= 0.3 is 13.6 Å². The Hall–Kier alpha value is -4.39. The molecule has 0 aliphatic carbocycles. The summed E-state index contributed by atoms with van der Waals surface area (Å²) in [5.74, 6) is -1.01. The van der Waals surface area contributed by atoms with Crippen LogP contribution in [0.2, 0.25) is 0 Å². The van der Waals surface area contributed by atoms with Gasteiger partial charge in [0.2, 0.25) is 5.91 Å². The van der Waals surface area contributed by atoms with Gasteiger partial charge in [-0.1, -0.05) is 91.0 Å². The van der Waals surface area contributed by atoms with Crippen LogP contribution in [0.15, 0.2) is 115 Å². The van der Waals surface area contributed by atoms with E-state index in [1.54, 1.807) is 60.7 Å². The van der Waals surface area contributed by atoms with Gasteiger partial charge in [0, 0.05) is 0 Å². The second-order valence-corrected chi connectivity index (χ2v) is 10.6. The molecule has 0 fully saturated rings.